The molecule has 5 rings (SSSR count). The molecule has 53 heavy (non-hydrogen) atoms. The summed E-state index contributed by atoms with van der Waals surface area (Å²) in [6.45, 7) is 1.51. The van der Waals surface area contributed by atoms with Crippen molar-refractivity contribution in [1.82, 2.24) is 20.9 Å². The van der Waals surface area contributed by atoms with Crippen molar-refractivity contribution >= 4 is 51.3 Å². The van der Waals surface area contributed by atoms with Crippen LogP contribution >= 0.6 is 0 Å². The fourth-order valence-electron chi connectivity index (χ4n) is 5.45. The molecule has 0 aliphatic heterocycles. The molecule has 12 nitrogen and oxygen atoms in total. The minimum Gasteiger partial charge on any atom is -0.480 e. The molecule has 4 aromatic carbocycles. The van der Waals surface area contributed by atoms with Crippen LogP contribution in [-0.2, 0) is 43.2 Å². The maximum Gasteiger partial charge on any atom is 0.490 e. The van der Waals surface area contributed by atoms with Crippen molar-refractivity contribution in [2.24, 2.45) is 5.73 Å². The Kier molecular flexibility index (Phi) is 13.3. The number of nitrogens with two attached hydrogens (primary N) is 1. The number of rotatable bonds is 13. The Labute approximate surface area is 301 Å². The summed E-state index contributed by atoms with van der Waals surface area (Å²) < 4.78 is 31.7. The average molecular weight is 734 g/mol. The summed E-state index contributed by atoms with van der Waals surface area (Å²) in [5.74, 6) is -5.74. The Balaban J connectivity index is 0.000000815. The van der Waals surface area contributed by atoms with Crippen LogP contribution in [0.5, 0.6) is 0 Å². The number of carbonyl (C=O) groups is 5. The minimum absolute atomic E-state index is 0.0667. The van der Waals surface area contributed by atoms with Gasteiger partial charge in [-0.25, -0.2) is 9.59 Å². The lowest BCUT2D eigenvalue weighted by Gasteiger charge is -2.24. The van der Waals surface area contributed by atoms with Crippen molar-refractivity contribution in [3.8, 4) is 0 Å². The number of alkyl halides is 3. The van der Waals surface area contributed by atoms with Gasteiger partial charge in [0, 0.05) is 29.9 Å². The molecule has 1 heterocycles. The summed E-state index contributed by atoms with van der Waals surface area (Å²) >= 11 is 0. The molecule has 4 atom stereocenters. The van der Waals surface area contributed by atoms with Gasteiger partial charge >= 0.3 is 18.1 Å². The molecule has 15 heteroatoms. The molecule has 0 aliphatic rings. The Hall–Kier alpha value is -6.22. The van der Waals surface area contributed by atoms with Gasteiger partial charge in [0.1, 0.15) is 18.1 Å². The van der Waals surface area contributed by atoms with E-state index in [0.717, 1.165) is 38.4 Å². The van der Waals surface area contributed by atoms with Crippen LogP contribution in [0.3, 0.4) is 0 Å². The van der Waals surface area contributed by atoms with Gasteiger partial charge in [-0.3, -0.25) is 14.4 Å². The zero-order valence-electron chi connectivity index (χ0n) is 28.4. The highest BCUT2D eigenvalue weighted by molar-refractivity contribution is 5.95. The second-order valence-corrected chi connectivity index (χ2v) is 12.2. The molecule has 0 saturated carbocycles. The lowest BCUT2D eigenvalue weighted by molar-refractivity contribution is -0.192. The number of H-pyrrole nitrogens is 1. The Morgan fingerprint density at radius 2 is 1.30 bits per heavy atom. The summed E-state index contributed by atoms with van der Waals surface area (Å²) in [5, 5.41) is 28.0. The summed E-state index contributed by atoms with van der Waals surface area (Å²) in [7, 11) is 0. The predicted molar refractivity (Wildman–Crippen MR) is 191 cm³/mol. The number of para-hydroxylation sites is 1. The second-order valence-electron chi connectivity index (χ2n) is 12.2. The van der Waals surface area contributed by atoms with E-state index in [-0.39, 0.29) is 19.3 Å². The molecule has 0 fully saturated rings. The number of carbonyl (C=O) groups excluding carboxylic acids is 3. The number of benzene rings is 4. The van der Waals surface area contributed by atoms with Gasteiger partial charge in [0.05, 0.1) is 6.04 Å². The van der Waals surface area contributed by atoms with Gasteiger partial charge in [-0.2, -0.15) is 13.2 Å². The summed E-state index contributed by atoms with van der Waals surface area (Å²) in [5.41, 5.74) is 9.46. The molecular weight excluding hydrogens is 695 g/mol. The first-order chi connectivity index (χ1) is 25.1. The molecule has 278 valence electrons. The van der Waals surface area contributed by atoms with E-state index in [1.165, 1.54) is 6.92 Å². The molecule has 0 saturated heterocycles. The summed E-state index contributed by atoms with van der Waals surface area (Å²) in [4.78, 5) is 64.1. The number of fused-ring (bicyclic) bond motifs is 2. The molecule has 0 spiro atoms. The quantitative estimate of drug-likeness (QED) is 0.0945. The smallest absolute Gasteiger partial charge is 0.480 e. The van der Waals surface area contributed by atoms with Gasteiger partial charge in [0.25, 0.3) is 0 Å². The van der Waals surface area contributed by atoms with Gasteiger partial charge in [-0.15, -0.1) is 0 Å². The fraction of sp³-hybridized carbons (Fsp3) is 0.237. The van der Waals surface area contributed by atoms with Crippen molar-refractivity contribution in [1.29, 1.82) is 0 Å². The highest BCUT2D eigenvalue weighted by atomic mass is 19.4. The lowest BCUT2D eigenvalue weighted by Crippen LogP contribution is -2.57. The third-order valence-corrected chi connectivity index (χ3v) is 8.23. The summed E-state index contributed by atoms with van der Waals surface area (Å²) in [6.07, 6.45) is -2.90. The number of amides is 3. The van der Waals surface area contributed by atoms with E-state index in [2.05, 4.69) is 20.9 Å². The number of hydrogen-bond donors (Lipinski definition) is 7. The molecule has 0 radical (unpaired) electrons. The van der Waals surface area contributed by atoms with Crippen molar-refractivity contribution in [3.63, 3.8) is 0 Å². The molecular formula is C38H38F3N5O7. The monoisotopic (exact) mass is 733 g/mol. The Morgan fingerprint density at radius 3 is 1.96 bits per heavy atom. The fourth-order valence-corrected chi connectivity index (χ4v) is 5.45. The normalized spacial score (nSPS) is 13.5. The van der Waals surface area contributed by atoms with E-state index in [0.29, 0.717) is 0 Å². The van der Waals surface area contributed by atoms with Crippen LogP contribution in [0.1, 0.15) is 23.6 Å². The molecule has 0 bridgehead atoms. The number of nitrogens with one attached hydrogen (secondary N) is 4. The first kappa shape index (κ1) is 39.6. The van der Waals surface area contributed by atoms with E-state index in [4.69, 9.17) is 15.6 Å². The Bertz CT molecular complexity index is 2070. The molecule has 5 aromatic rings. The van der Waals surface area contributed by atoms with Crippen molar-refractivity contribution in [2.45, 2.75) is 56.5 Å². The Morgan fingerprint density at radius 1 is 0.698 bits per heavy atom. The number of carboxylic acid groups (broad SMARTS) is 2. The van der Waals surface area contributed by atoms with Gasteiger partial charge in [-0.05, 0) is 46.9 Å². The van der Waals surface area contributed by atoms with Crippen LogP contribution in [0, 0.1) is 0 Å². The van der Waals surface area contributed by atoms with E-state index in [9.17, 15) is 37.5 Å². The van der Waals surface area contributed by atoms with Crippen LogP contribution in [0.4, 0.5) is 13.2 Å². The van der Waals surface area contributed by atoms with Crippen molar-refractivity contribution in [3.05, 3.63) is 120 Å². The zero-order valence-corrected chi connectivity index (χ0v) is 28.4. The minimum atomic E-state index is -5.08. The molecule has 3 amide bonds. The van der Waals surface area contributed by atoms with E-state index in [1.54, 1.807) is 30.5 Å². The zero-order chi connectivity index (χ0) is 38.7. The number of halogens is 3. The maximum absolute atomic E-state index is 13.6. The number of hydrogen-bond acceptors (Lipinski definition) is 6. The van der Waals surface area contributed by atoms with Gasteiger partial charge in [0.15, 0.2) is 0 Å². The van der Waals surface area contributed by atoms with Gasteiger partial charge in [0.2, 0.25) is 17.7 Å². The van der Waals surface area contributed by atoms with Crippen LogP contribution in [0.25, 0.3) is 21.7 Å². The topological polar surface area (TPSA) is 204 Å². The van der Waals surface area contributed by atoms with Crippen LogP contribution in [0.2, 0.25) is 0 Å². The van der Waals surface area contributed by atoms with Crippen LogP contribution in [-0.4, -0.2) is 75.2 Å². The highest BCUT2D eigenvalue weighted by Crippen LogP contribution is 2.20. The first-order valence-electron chi connectivity index (χ1n) is 16.4. The van der Waals surface area contributed by atoms with E-state index >= 15 is 0 Å². The summed E-state index contributed by atoms with van der Waals surface area (Å²) in [6, 6.07) is 26.0. The number of aliphatic carboxylic acids is 2. The molecule has 8 N–H and O–H groups in total. The largest absolute Gasteiger partial charge is 0.490 e. The van der Waals surface area contributed by atoms with E-state index in [1.807, 2.05) is 72.8 Å². The number of aromatic amines is 1. The molecule has 0 aliphatic carbocycles. The third-order valence-electron chi connectivity index (χ3n) is 8.23. The third kappa shape index (κ3) is 11.4. The first-order valence-corrected chi connectivity index (χ1v) is 16.4. The number of aromatic nitrogens is 1. The second kappa shape index (κ2) is 17.8. The average Bonchev–Trinajstić information content (AvgIpc) is 3.53. The van der Waals surface area contributed by atoms with Gasteiger partial charge < -0.3 is 36.9 Å². The van der Waals surface area contributed by atoms with Crippen LogP contribution < -0.4 is 21.7 Å². The van der Waals surface area contributed by atoms with Crippen molar-refractivity contribution in [2.75, 3.05) is 0 Å². The number of carboxylic acids is 2. The van der Waals surface area contributed by atoms with Crippen LogP contribution in [0.15, 0.2) is 103 Å². The molecule has 0 unspecified atom stereocenters. The van der Waals surface area contributed by atoms with Crippen molar-refractivity contribution < 1.29 is 47.4 Å². The SMILES string of the molecule is C[C@H](NC(=O)[C@H](N)Cc1ccc2ccccc2c1)C(=O)N[C@@H](Cc1c[nH]c2ccccc12)C(=O)N[C@H](Cc1ccccc1)C(=O)O.O=C(O)C(F)(F)F. The predicted octanol–water partition coefficient (Wildman–Crippen LogP) is 3.87. The van der Waals surface area contributed by atoms with E-state index < -0.39 is 60.0 Å². The highest BCUT2D eigenvalue weighted by Gasteiger charge is 2.38. The maximum atomic E-state index is 13.6. The molecule has 1 aromatic heterocycles. The van der Waals surface area contributed by atoms with Gasteiger partial charge in [-0.1, -0.05) is 91.0 Å². The standard InChI is InChI=1S/C36H37N5O5.C2HF3O2/c1-22(39-34(43)29(37)18-24-15-16-25-11-5-6-12-26(25)17-24)33(42)40-31(20-27-21-38-30-14-8-7-13-28(27)30)35(44)41-32(36(45)46)19-23-9-3-2-4-10-23;3-2(4,5)1(6)7/h2-17,21-22,29,31-32,38H,18-20,37H2,1H3,(H,39,43)(H,40,42)(H,41,44)(H,45,46);(H,6,7)/t22-,29+,31-,32+;/m0./s1. The lowest BCUT2D eigenvalue weighted by atomic mass is 10.0.